The summed E-state index contributed by atoms with van der Waals surface area (Å²) in [5.74, 6) is -1.08. The molecule has 7 nitrogen and oxygen atoms in total. The van der Waals surface area contributed by atoms with Crippen molar-refractivity contribution in [2.45, 2.75) is 25.3 Å². The number of amides is 2. The number of hydrogen-bond acceptors (Lipinski definition) is 3. The van der Waals surface area contributed by atoms with Crippen molar-refractivity contribution in [2.75, 3.05) is 13.6 Å². The minimum atomic E-state index is -1.08. The molecule has 0 radical (unpaired) electrons. The van der Waals surface area contributed by atoms with E-state index in [1.54, 1.807) is 13.1 Å². The third-order valence-electron chi connectivity index (χ3n) is 2.82. The fraction of sp³-hybridized carbons (Fsp3) is 0.462. The number of allylic oxidation sites excluding steroid dienone is 1. The second-order valence-corrected chi connectivity index (χ2v) is 4.47. The van der Waals surface area contributed by atoms with Crippen molar-refractivity contribution in [1.82, 2.24) is 20.2 Å². The van der Waals surface area contributed by atoms with Crippen molar-refractivity contribution in [3.05, 3.63) is 30.9 Å². The van der Waals surface area contributed by atoms with Crippen molar-refractivity contribution in [2.24, 2.45) is 0 Å². The number of unbranched alkanes of at least 4 members (excludes halogenated alkanes) is 1. The van der Waals surface area contributed by atoms with Crippen molar-refractivity contribution in [1.29, 1.82) is 0 Å². The maximum Gasteiger partial charge on any atom is 0.326 e. The zero-order valence-electron chi connectivity index (χ0n) is 11.5. The largest absolute Gasteiger partial charge is 0.480 e. The van der Waals surface area contributed by atoms with Crippen LogP contribution in [0.1, 0.15) is 18.5 Å². The van der Waals surface area contributed by atoms with E-state index in [1.807, 2.05) is 0 Å². The molecular formula is C13H20N4O3. The average molecular weight is 280 g/mol. The van der Waals surface area contributed by atoms with E-state index in [4.69, 9.17) is 5.11 Å². The lowest BCUT2D eigenvalue weighted by Crippen LogP contribution is -2.48. The summed E-state index contributed by atoms with van der Waals surface area (Å²) in [6, 6.07) is -1.38. The predicted molar refractivity (Wildman–Crippen MR) is 74.3 cm³/mol. The Bertz CT molecular complexity index is 444. The molecule has 110 valence electrons. The van der Waals surface area contributed by atoms with Gasteiger partial charge in [-0.15, -0.1) is 6.58 Å². The predicted octanol–water partition coefficient (Wildman–Crippen LogP) is 1.01. The first-order valence-corrected chi connectivity index (χ1v) is 6.37. The number of carboxylic acid groups (broad SMARTS) is 1. The Kier molecular flexibility index (Phi) is 6.28. The number of imidazole rings is 1. The van der Waals surface area contributed by atoms with Crippen LogP contribution in [0.15, 0.2) is 25.2 Å². The first kappa shape index (κ1) is 15.7. The van der Waals surface area contributed by atoms with Crippen LogP contribution in [0.25, 0.3) is 0 Å². The van der Waals surface area contributed by atoms with E-state index in [2.05, 4.69) is 21.9 Å². The van der Waals surface area contributed by atoms with E-state index >= 15 is 0 Å². The van der Waals surface area contributed by atoms with Crippen molar-refractivity contribution < 1.29 is 14.7 Å². The molecule has 0 saturated carbocycles. The minimum Gasteiger partial charge on any atom is -0.480 e. The topological polar surface area (TPSA) is 98.3 Å². The van der Waals surface area contributed by atoms with Crippen LogP contribution in [-0.2, 0) is 11.2 Å². The zero-order valence-corrected chi connectivity index (χ0v) is 11.5. The van der Waals surface area contributed by atoms with Crippen LogP contribution in [0.4, 0.5) is 4.79 Å². The summed E-state index contributed by atoms with van der Waals surface area (Å²) < 4.78 is 0. The van der Waals surface area contributed by atoms with E-state index in [1.165, 1.54) is 17.4 Å². The highest BCUT2D eigenvalue weighted by molar-refractivity contribution is 5.82. The molecule has 1 atom stereocenters. The number of nitrogens with one attached hydrogen (secondary N) is 2. The summed E-state index contributed by atoms with van der Waals surface area (Å²) in [6.07, 6.45) is 6.57. The molecule has 1 aromatic rings. The Morgan fingerprint density at radius 1 is 1.65 bits per heavy atom. The van der Waals surface area contributed by atoms with Gasteiger partial charge in [-0.25, -0.2) is 14.6 Å². The number of aliphatic carboxylic acids is 1. The van der Waals surface area contributed by atoms with Gasteiger partial charge in [-0.05, 0) is 12.8 Å². The lowest BCUT2D eigenvalue weighted by Gasteiger charge is -2.21. The number of rotatable bonds is 8. The molecule has 2 amide bonds. The van der Waals surface area contributed by atoms with Crippen LogP contribution in [0.5, 0.6) is 0 Å². The highest BCUT2D eigenvalue weighted by Gasteiger charge is 2.22. The number of hydrogen-bond donors (Lipinski definition) is 3. The van der Waals surface area contributed by atoms with E-state index < -0.39 is 18.0 Å². The van der Waals surface area contributed by atoms with Crippen LogP contribution >= 0.6 is 0 Å². The smallest absolute Gasteiger partial charge is 0.326 e. The molecule has 0 aliphatic carbocycles. The van der Waals surface area contributed by atoms with Crippen LogP contribution in [-0.4, -0.2) is 51.6 Å². The van der Waals surface area contributed by atoms with Crippen molar-refractivity contribution >= 4 is 12.0 Å². The van der Waals surface area contributed by atoms with Gasteiger partial charge >= 0.3 is 12.0 Å². The van der Waals surface area contributed by atoms with Gasteiger partial charge in [0.25, 0.3) is 0 Å². The molecule has 1 rings (SSSR count). The zero-order chi connectivity index (χ0) is 15.0. The van der Waals surface area contributed by atoms with Gasteiger partial charge in [0.05, 0.1) is 6.33 Å². The van der Waals surface area contributed by atoms with E-state index in [-0.39, 0.29) is 6.42 Å². The molecule has 0 spiro atoms. The molecule has 0 bridgehead atoms. The van der Waals surface area contributed by atoms with Crippen LogP contribution in [0.3, 0.4) is 0 Å². The Balaban J connectivity index is 2.50. The first-order valence-electron chi connectivity index (χ1n) is 6.37. The number of carboxylic acids is 1. The van der Waals surface area contributed by atoms with Crippen LogP contribution in [0.2, 0.25) is 0 Å². The molecular weight excluding hydrogens is 260 g/mol. The third-order valence-corrected chi connectivity index (χ3v) is 2.82. The summed E-state index contributed by atoms with van der Waals surface area (Å²) in [5, 5.41) is 11.6. The molecule has 0 aliphatic rings. The minimum absolute atomic E-state index is 0.168. The number of H-pyrrole nitrogens is 1. The molecule has 1 heterocycles. The molecule has 0 saturated heterocycles. The second-order valence-electron chi connectivity index (χ2n) is 4.47. The highest BCUT2D eigenvalue weighted by atomic mass is 16.4. The number of carbonyl (C=O) groups is 2. The van der Waals surface area contributed by atoms with Gasteiger partial charge in [-0.2, -0.15) is 0 Å². The molecule has 7 heteroatoms. The SMILES string of the molecule is C=CCCCN(C)C(=O)N[C@@H](Cc1cnc[nH]1)C(=O)O. The van der Waals surface area contributed by atoms with Crippen LogP contribution in [0, 0.1) is 0 Å². The Labute approximate surface area is 117 Å². The van der Waals surface area contributed by atoms with Crippen molar-refractivity contribution in [3.63, 3.8) is 0 Å². The summed E-state index contributed by atoms with van der Waals surface area (Å²) in [7, 11) is 1.63. The summed E-state index contributed by atoms with van der Waals surface area (Å²) in [6.45, 7) is 4.16. The standard InChI is InChI=1S/C13H20N4O3/c1-3-4-5-6-17(2)13(20)16-11(12(18)19)7-10-8-14-9-15-10/h3,8-9,11H,1,4-7H2,2H3,(H,14,15)(H,16,20)(H,18,19)/t11-/m0/s1. The monoisotopic (exact) mass is 280 g/mol. The second kappa shape index (κ2) is 7.98. The summed E-state index contributed by atoms with van der Waals surface area (Å²) in [4.78, 5) is 31.1. The fourth-order valence-corrected chi connectivity index (χ4v) is 1.65. The molecule has 1 aromatic heterocycles. The lowest BCUT2D eigenvalue weighted by molar-refractivity contribution is -0.139. The van der Waals surface area contributed by atoms with Crippen molar-refractivity contribution in [3.8, 4) is 0 Å². The molecule has 0 aliphatic heterocycles. The van der Waals surface area contributed by atoms with Gasteiger partial charge in [0.15, 0.2) is 0 Å². The highest BCUT2D eigenvalue weighted by Crippen LogP contribution is 2.01. The average Bonchev–Trinajstić information content (AvgIpc) is 2.90. The van der Waals surface area contributed by atoms with Gasteiger partial charge in [0.2, 0.25) is 0 Å². The van der Waals surface area contributed by atoms with Gasteiger partial charge in [0.1, 0.15) is 6.04 Å². The number of nitrogens with zero attached hydrogens (tertiary/aromatic N) is 2. The Hall–Kier alpha value is -2.31. The van der Waals surface area contributed by atoms with Crippen LogP contribution < -0.4 is 5.32 Å². The summed E-state index contributed by atoms with van der Waals surface area (Å²) >= 11 is 0. The Morgan fingerprint density at radius 3 is 2.95 bits per heavy atom. The van der Waals surface area contributed by atoms with E-state index in [9.17, 15) is 9.59 Å². The molecule has 20 heavy (non-hydrogen) atoms. The molecule has 0 fully saturated rings. The normalized spacial score (nSPS) is 11.7. The Morgan fingerprint density at radius 2 is 2.40 bits per heavy atom. The maximum atomic E-state index is 11.9. The third kappa shape index (κ3) is 5.13. The van der Waals surface area contributed by atoms with Gasteiger partial charge in [-0.3, -0.25) is 0 Å². The van der Waals surface area contributed by atoms with E-state index in [0.29, 0.717) is 12.2 Å². The number of carbonyl (C=O) groups excluding carboxylic acids is 1. The molecule has 3 N–H and O–H groups in total. The number of aromatic nitrogens is 2. The van der Waals surface area contributed by atoms with Gasteiger partial charge in [-0.1, -0.05) is 6.08 Å². The number of urea groups is 1. The quantitative estimate of drug-likeness (QED) is 0.489. The first-order chi connectivity index (χ1) is 9.54. The summed E-state index contributed by atoms with van der Waals surface area (Å²) in [5.41, 5.74) is 0.659. The lowest BCUT2D eigenvalue weighted by atomic mass is 10.1. The maximum absolute atomic E-state index is 11.9. The number of aromatic amines is 1. The molecule has 0 aromatic carbocycles. The van der Waals surface area contributed by atoms with Gasteiger partial charge in [0, 0.05) is 31.9 Å². The van der Waals surface area contributed by atoms with E-state index in [0.717, 1.165) is 12.8 Å². The molecule has 0 unspecified atom stereocenters. The van der Waals surface area contributed by atoms with Gasteiger partial charge < -0.3 is 20.3 Å². The fourth-order valence-electron chi connectivity index (χ4n) is 1.65.